The van der Waals surface area contributed by atoms with Gasteiger partial charge in [0, 0.05) is 11.9 Å². The summed E-state index contributed by atoms with van der Waals surface area (Å²) in [6, 6.07) is 1.84. The number of amides is 1. The van der Waals surface area contributed by atoms with Crippen molar-refractivity contribution in [3.05, 3.63) is 19.9 Å². The van der Waals surface area contributed by atoms with Crippen molar-refractivity contribution in [2.75, 3.05) is 6.54 Å². The van der Waals surface area contributed by atoms with Crippen molar-refractivity contribution in [3.63, 3.8) is 0 Å². The van der Waals surface area contributed by atoms with Gasteiger partial charge in [-0.1, -0.05) is 12.8 Å². The lowest BCUT2D eigenvalue weighted by molar-refractivity contribution is -0.144. The third kappa shape index (κ3) is 3.92. The van der Waals surface area contributed by atoms with E-state index in [0.717, 1.165) is 28.6 Å². The SMILES string of the molecule is O=C(NCC1CCCCC1C(=O)O)c1csc(I)c1. The maximum Gasteiger partial charge on any atom is 0.306 e. The van der Waals surface area contributed by atoms with Crippen molar-refractivity contribution < 1.29 is 14.7 Å². The number of hydrogen-bond donors (Lipinski definition) is 2. The quantitative estimate of drug-likeness (QED) is 0.774. The van der Waals surface area contributed by atoms with Gasteiger partial charge in [0.2, 0.25) is 0 Å². The standard InChI is InChI=1S/C13H16INO3S/c14-11-5-9(7-19-11)12(16)15-6-8-3-1-2-4-10(8)13(17)18/h5,7-8,10H,1-4,6H2,(H,15,16)(H,17,18). The van der Waals surface area contributed by atoms with Crippen LogP contribution in [0.1, 0.15) is 36.0 Å². The van der Waals surface area contributed by atoms with Crippen LogP contribution >= 0.6 is 33.9 Å². The van der Waals surface area contributed by atoms with Gasteiger partial charge in [-0.2, -0.15) is 0 Å². The van der Waals surface area contributed by atoms with Crippen LogP contribution in [0.2, 0.25) is 0 Å². The zero-order chi connectivity index (χ0) is 13.8. The molecule has 1 aliphatic rings. The maximum atomic E-state index is 11.9. The van der Waals surface area contributed by atoms with Gasteiger partial charge in [0.05, 0.1) is 14.4 Å². The van der Waals surface area contributed by atoms with Crippen LogP contribution in [-0.2, 0) is 4.79 Å². The van der Waals surface area contributed by atoms with Crippen LogP contribution < -0.4 is 5.32 Å². The van der Waals surface area contributed by atoms with Crippen LogP contribution in [-0.4, -0.2) is 23.5 Å². The lowest BCUT2D eigenvalue weighted by atomic mass is 9.79. The van der Waals surface area contributed by atoms with Crippen molar-refractivity contribution in [2.45, 2.75) is 25.7 Å². The average molecular weight is 393 g/mol. The maximum absolute atomic E-state index is 11.9. The van der Waals surface area contributed by atoms with Crippen molar-refractivity contribution in [2.24, 2.45) is 11.8 Å². The molecule has 0 aliphatic heterocycles. The number of carboxylic acids is 1. The van der Waals surface area contributed by atoms with E-state index in [2.05, 4.69) is 27.9 Å². The molecule has 1 fully saturated rings. The largest absolute Gasteiger partial charge is 0.481 e. The third-order valence-electron chi connectivity index (χ3n) is 3.58. The first-order valence-corrected chi connectivity index (χ1v) is 8.29. The fraction of sp³-hybridized carbons (Fsp3) is 0.538. The van der Waals surface area contributed by atoms with Crippen LogP contribution in [0.5, 0.6) is 0 Å². The van der Waals surface area contributed by atoms with Gasteiger partial charge in [-0.25, -0.2) is 0 Å². The molecule has 6 heteroatoms. The van der Waals surface area contributed by atoms with Crippen LogP contribution in [0, 0.1) is 14.7 Å². The summed E-state index contributed by atoms with van der Waals surface area (Å²) in [4.78, 5) is 23.1. The molecule has 1 saturated carbocycles. The van der Waals surface area contributed by atoms with Gasteiger partial charge in [-0.3, -0.25) is 9.59 Å². The molecule has 0 spiro atoms. The molecule has 1 aromatic heterocycles. The van der Waals surface area contributed by atoms with Gasteiger partial charge in [-0.05, 0) is 47.4 Å². The first kappa shape index (κ1) is 14.8. The Morgan fingerprint density at radius 2 is 2.16 bits per heavy atom. The average Bonchev–Trinajstić information content (AvgIpc) is 2.83. The highest BCUT2D eigenvalue weighted by molar-refractivity contribution is 14.1. The number of carbonyl (C=O) groups is 2. The van der Waals surface area contributed by atoms with Crippen LogP contribution in [0.3, 0.4) is 0 Å². The molecule has 19 heavy (non-hydrogen) atoms. The Balaban J connectivity index is 1.90. The summed E-state index contributed by atoms with van der Waals surface area (Å²) in [5, 5.41) is 13.9. The number of hydrogen-bond acceptors (Lipinski definition) is 3. The lowest BCUT2D eigenvalue weighted by Gasteiger charge is -2.28. The molecule has 2 atom stereocenters. The molecule has 0 radical (unpaired) electrons. The molecule has 1 aromatic rings. The highest BCUT2D eigenvalue weighted by Crippen LogP contribution is 2.29. The molecule has 0 aromatic carbocycles. The minimum Gasteiger partial charge on any atom is -0.481 e. The third-order valence-corrected chi connectivity index (χ3v) is 5.37. The number of carboxylic acid groups (broad SMARTS) is 1. The summed E-state index contributed by atoms with van der Waals surface area (Å²) in [7, 11) is 0. The van der Waals surface area contributed by atoms with Crippen LogP contribution in [0.4, 0.5) is 0 Å². The molecule has 4 nitrogen and oxygen atoms in total. The van der Waals surface area contributed by atoms with E-state index in [0.29, 0.717) is 12.1 Å². The van der Waals surface area contributed by atoms with Gasteiger partial charge in [0.1, 0.15) is 0 Å². The van der Waals surface area contributed by atoms with Gasteiger partial charge >= 0.3 is 5.97 Å². The number of nitrogens with one attached hydrogen (secondary N) is 1. The Bertz CT molecular complexity index is 474. The number of rotatable bonds is 4. The Morgan fingerprint density at radius 1 is 1.42 bits per heavy atom. The smallest absolute Gasteiger partial charge is 0.306 e. The van der Waals surface area contributed by atoms with E-state index in [1.54, 1.807) is 0 Å². The normalized spacial score (nSPS) is 23.0. The summed E-state index contributed by atoms with van der Waals surface area (Å²) < 4.78 is 1.07. The number of carbonyl (C=O) groups excluding carboxylic acids is 1. The first-order chi connectivity index (χ1) is 9.08. The number of thiophene rings is 1. The van der Waals surface area contributed by atoms with Gasteiger partial charge in [-0.15, -0.1) is 11.3 Å². The topological polar surface area (TPSA) is 66.4 Å². The second-order valence-electron chi connectivity index (χ2n) is 4.84. The van der Waals surface area contributed by atoms with E-state index in [-0.39, 0.29) is 17.7 Å². The molecule has 0 saturated heterocycles. The van der Waals surface area contributed by atoms with Gasteiger partial charge in [0.15, 0.2) is 0 Å². The van der Waals surface area contributed by atoms with Gasteiger partial charge in [0.25, 0.3) is 5.91 Å². The molecule has 2 N–H and O–H groups in total. The lowest BCUT2D eigenvalue weighted by Crippen LogP contribution is -2.37. The number of aliphatic carboxylic acids is 1. The number of halogens is 1. The monoisotopic (exact) mass is 393 g/mol. The minimum atomic E-state index is -0.732. The molecule has 2 unspecified atom stereocenters. The zero-order valence-corrected chi connectivity index (χ0v) is 13.4. The second-order valence-corrected chi connectivity index (χ2v) is 7.64. The van der Waals surface area contributed by atoms with Crippen LogP contribution in [0.15, 0.2) is 11.4 Å². The van der Waals surface area contributed by atoms with Crippen molar-refractivity contribution in [1.82, 2.24) is 5.32 Å². The molecule has 104 valence electrons. The van der Waals surface area contributed by atoms with Crippen LogP contribution in [0.25, 0.3) is 0 Å². The summed E-state index contributed by atoms with van der Waals surface area (Å²) in [6.45, 7) is 0.461. The predicted octanol–water partition coefficient (Wildman–Crippen LogP) is 2.97. The van der Waals surface area contributed by atoms with E-state index in [1.807, 2.05) is 11.4 Å². The summed E-state index contributed by atoms with van der Waals surface area (Å²) in [5.41, 5.74) is 0.664. The molecule has 0 bridgehead atoms. The Hall–Kier alpha value is -0.630. The molecule has 1 amide bonds. The predicted molar refractivity (Wildman–Crippen MR) is 82.5 cm³/mol. The highest BCUT2D eigenvalue weighted by Gasteiger charge is 2.30. The van der Waals surface area contributed by atoms with Crippen molar-refractivity contribution in [1.29, 1.82) is 0 Å². The fourth-order valence-electron chi connectivity index (χ4n) is 2.53. The summed E-state index contributed by atoms with van der Waals surface area (Å²) in [5.74, 6) is -1.08. The zero-order valence-electron chi connectivity index (χ0n) is 10.4. The van der Waals surface area contributed by atoms with Gasteiger partial charge < -0.3 is 10.4 Å². The molecular weight excluding hydrogens is 377 g/mol. The summed E-state index contributed by atoms with van der Waals surface area (Å²) in [6.07, 6.45) is 3.65. The Kier molecular flexibility index (Phi) is 5.20. The van der Waals surface area contributed by atoms with E-state index < -0.39 is 5.97 Å². The Labute approximate surface area is 129 Å². The molecule has 1 aliphatic carbocycles. The van der Waals surface area contributed by atoms with E-state index in [9.17, 15) is 14.7 Å². The molecular formula is C13H16INO3S. The highest BCUT2D eigenvalue weighted by atomic mass is 127. The molecule has 2 rings (SSSR count). The molecule has 1 heterocycles. The summed E-state index contributed by atoms with van der Waals surface area (Å²) >= 11 is 3.71. The van der Waals surface area contributed by atoms with Crippen molar-refractivity contribution in [3.8, 4) is 0 Å². The minimum absolute atomic E-state index is 0.0629. The fourth-order valence-corrected chi connectivity index (χ4v) is 3.86. The second kappa shape index (κ2) is 6.69. The van der Waals surface area contributed by atoms with E-state index in [1.165, 1.54) is 11.3 Å². The van der Waals surface area contributed by atoms with E-state index in [4.69, 9.17) is 0 Å². The Morgan fingerprint density at radius 3 is 2.79 bits per heavy atom. The first-order valence-electron chi connectivity index (χ1n) is 6.33. The van der Waals surface area contributed by atoms with E-state index >= 15 is 0 Å². The van der Waals surface area contributed by atoms with Crippen molar-refractivity contribution >= 4 is 45.8 Å².